The molecule has 0 spiro atoms. The first-order valence-corrected chi connectivity index (χ1v) is 11.5. The highest BCUT2D eigenvalue weighted by molar-refractivity contribution is 5.63. The Morgan fingerprint density at radius 3 is 1.78 bits per heavy atom. The van der Waals surface area contributed by atoms with Crippen molar-refractivity contribution in [3.63, 3.8) is 0 Å². The molecule has 4 nitrogen and oxygen atoms in total. The molecule has 1 N–H and O–H groups in total. The number of anilines is 2. The molecular formula is C28H33N3O. The molecule has 4 heteroatoms. The van der Waals surface area contributed by atoms with Gasteiger partial charge in [0, 0.05) is 50.6 Å². The van der Waals surface area contributed by atoms with E-state index in [-0.39, 0.29) is 0 Å². The highest BCUT2D eigenvalue weighted by Crippen LogP contribution is 2.25. The minimum absolute atomic E-state index is 0.417. The van der Waals surface area contributed by atoms with Crippen molar-refractivity contribution in [2.75, 3.05) is 50.7 Å². The highest BCUT2D eigenvalue weighted by atomic mass is 16.3. The van der Waals surface area contributed by atoms with E-state index in [4.69, 9.17) is 0 Å². The number of β-amino-alcohol motifs (C(OH)–C–C–N with tert-alkyl or cyclic N) is 1. The summed E-state index contributed by atoms with van der Waals surface area (Å²) >= 11 is 0. The van der Waals surface area contributed by atoms with Crippen molar-refractivity contribution in [2.45, 2.75) is 6.10 Å². The van der Waals surface area contributed by atoms with Crippen molar-refractivity contribution in [2.24, 2.45) is 0 Å². The lowest BCUT2D eigenvalue weighted by atomic mass is 10.2. The van der Waals surface area contributed by atoms with E-state index >= 15 is 0 Å². The summed E-state index contributed by atoms with van der Waals surface area (Å²) in [5.74, 6) is 0. The average Bonchev–Trinajstić information content (AvgIpc) is 2.85. The number of para-hydroxylation sites is 2. The summed E-state index contributed by atoms with van der Waals surface area (Å²) in [5.41, 5.74) is 3.45. The summed E-state index contributed by atoms with van der Waals surface area (Å²) in [6.45, 7) is 6.30. The number of benzene rings is 3. The van der Waals surface area contributed by atoms with Crippen LogP contribution in [0.3, 0.4) is 0 Å². The molecule has 0 aromatic heterocycles. The van der Waals surface area contributed by atoms with E-state index in [0.717, 1.165) is 44.1 Å². The molecule has 1 aliphatic heterocycles. The number of piperazine rings is 1. The van der Waals surface area contributed by atoms with Crippen LogP contribution in [0.15, 0.2) is 97.1 Å². The number of aliphatic hydroxyl groups is 1. The van der Waals surface area contributed by atoms with Crippen LogP contribution in [-0.2, 0) is 0 Å². The maximum Gasteiger partial charge on any atom is 0.0845 e. The summed E-state index contributed by atoms with van der Waals surface area (Å²) in [6.07, 6.45) is 4.02. The standard InChI is InChI=1S/C28H33N3O/c32-28(24-31(26-14-6-2-7-15-26)27-16-8-3-9-17-27)23-30-21-19-29(20-22-30)18-10-13-25-11-4-1-5-12-25/h1-17,28,32H,18-24H2/b13-10+. The Hall–Kier alpha value is -2.92. The van der Waals surface area contributed by atoms with Crippen LogP contribution < -0.4 is 4.90 Å². The predicted molar refractivity (Wildman–Crippen MR) is 134 cm³/mol. The topological polar surface area (TPSA) is 30.0 Å². The Labute approximate surface area is 192 Å². The number of aliphatic hydroxyl groups excluding tert-OH is 1. The summed E-state index contributed by atoms with van der Waals surface area (Å²) in [6, 6.07) is 31.1. The Morgan fingerprint density at radius 2 is 1.22 bits per heavy atom. The number of hydrogen-bond donors (Lipinski definition) is 1. The molecule has 1 unspecified atom stereocenters. The first kappa shape index (κ1) is 22.3. The molecule has 1 atom stereocenters. The molecule has 166 valence electrons. The molecule has 1 fully saturated rings. The fourth-order valence-corrected chi connectivity index (χ4v) is 4.20. The Balaban J connectivity index is 1.26. The lowest BCUT2D eigenvalue weighted by Gasteiger charge is -2.36. The normalized spacial score (nSPS) is 16.3. The Morgan fingerprint density at radius 1 is 0.719 bits per heavy atom. The van der Waals surface area contributed by atoms with Crippen LogP contribution in [-0.4, -0.2) is 66.8 Å². The Kier molecular flexibility index (Phi) is 8.10. The van der Waals surface area contributed by atoms with Crippen LogP contribution in [0.1, 0.15) is 5.56 Å². The summed E-state index contributed by atoms with van der Waals surface area (Å²) in [5, 5.41) is 10.9. The van der Waals surface area contributed by atoms with Gasteiger partial charge in [-0.1, -0.05) is 78.9 Å². The molecule has 0 amide bonds. The van der Waals surface area contributed by atoms with Crippen LogP contribution >= 0.6 is 0 Å². The van der Waals surface area contributed by atoms with Crippen molar-refractivity contribution in [3.05, 3.63) is 103 Å². The second kappa shape index (κ2) is 11.6. The lowest BCUT2D eigenvalue weighted by Crippen LogP contribution is -2.49. The van der Waals surface area contributed by atoms with Gasteiger partial charge in [0.05, 0.1) is 12.6 Å². The van der Waals surface area contributed by atoms with Gasteiger partial charge < -0.3 is 10.0 Å². The van der Waals surface area contributed by atoms with Gasteiger partial charge in [0.2, 0.25) is 0 Å². The number of nitrogens with zero attached hydrogens (tertiary/aromatic N) is 3. The second-order valence-electron chi connectivity index (χ2n) is 8.35. The van der Waals surface area contributed by atoms with Crippen molar-refractivity contribution >= 4 is 17.5 Å². The fraction of sp³-hybridized carbons (Fsp3) is 0.286. The largest absolute Gasteiger partial charge is 0.390 e. The monoisotopic (exact) mass is 427 g/mol. The van der Waals surface area contributed by atoms with E-state index < -0.39 is 6.10 Å². The smallest absolute Gasteiger partial charge is 0.0845 e. The first-order valence-electron chi connectivity index (χ1n) is 11.5. The van der Waals surface area contributed by atoms with Crippen LogP contribution in [0.5, 0.6) is 0 Å². The van der Waals surface area contributed by atoms with E-state index in [9.17, 15) is 5.11 Å². The molecule has 1 saturated heterocycles. The minimum atomic E-state index is -0.417. The first-order chi connectivity index (χ1) is 15.8. The highest BCUT2D eigenvalue weighted by Gasteiger charge is 2.21. The van der Waals surface area contributed by atoms with Gasteiger partial charge in [-0.15, -0.1) is 0 Å². The van der Waals surface area contributed by atoms with Gasteiger partial charge in [0.25, 0.3) is 0 Å². The van der Waals surface area contributed by atoms with Gasteiger partial charge in [0.15, 0.2) is 0 Å². The maximum atomic E-state index is 10.9. The van der Waals surface area contributed by atoms with Crippen molar-refractivity contribution in [3.8, 4) is 0 Å². The SMILES string of the molecule is OC(CN1CCN(C/C=C/c2ccccc2)CC1)CN(c1ccccc1)c1ccccc1. The molecule has 3 aromatic rings. The van der Waals surface area contributed by atoms with Gasteiger partial charge in [-0.25, -0.2) is 0 Å². The Bertz CT molecular complexity index is 899. The van der Waals surface area contributed by atoms with Crippen LogP contribution in [0.2, 0.25) is 0 Å². The number of hydrogen-bond acceptors (Lipinski definition) is 4. The summed E-state index contributed by atoms with van der Waals surface area (Å²) in [4.78, 5) is 7.06. The molecule has 4 rings (SSSR count). The molecule has 3 aromatic carbocycles. The molecule has 0 aliphatic carbocycles. The van der Waals surface area contributed by atoms with Crippen LogP contribution in [0.25, 0.3) is 6.08 Å². The summed E-state index contributed by atoms with van der Waals surface area (Å²) in [7, 11) is 0. The van der Waals surface area contributed by atoms with Crippen LogP contribution in [0.4, 0.5) is 11.4 Å². The quantitative estimate of drug-likeness (QED) is 0.544. The number of rotatable bonds is 9. The third-order valence-electron chi connectivity index (χ3n) is 5.94. The average molecular weight is 428 g/mol. The summed E-state index contributed by atoms with van der Waals surface area (Å²) < 4.78 is 0. The van der Waals surface area contributed by atoms with E-state index in [2.05, 4.69) is 75.4 Å². The van der Waals surface area contributed by atoms with E-state index in [1.807, 2.05) is 42.5 Å². The van der Waals surface area contributed by atoms with Gasteiger partial charge in [0.1, 0.15) is 0 Å². The maximum absolute atomic E-state index is 10.9. The molecule has 0 bridgehead atoms. The van der Waals surface area contributed by atoms with Crippen molar-refractivity contribution < 1.29 is 5.11 Å². The second-order valence-corrected chi connectivity index (χ2v) is 8.35. The van der Waals surface area contributed by atoms with Crippen molar-refractivity contribution in [1.82, 2.24) is 9.80 Å². The predicted octanol–water partition coefficient (Wildman–Crippen LogP) is 4.52. The fourth-order valence-electron chi connectivity index (χ4n) is 4.20. The molecule has 0 saturated carbocycles. The molecule has 32 heavy (non-hydrogen) atoms. The van der Waals surface area contributed by atoms with E-state index in [1.165, 1.54) is 5.56 Å². The lowest BCUT2D eigenvalue weighted by molar-refractivity contribution is 0.0805. The van der Waals surface area contributed by atoms with Gasteiger partial charge in [-0.3, -0.25) is 9.80 Å². The third kappa shape index (κ3) is 6.54. The zero-order valence-electron chi connectivity index (χ0n) is 18.6. The van der Waals surface area contributed by atoms with Crippen molar-refractivity contribution in [1.29, 1.82) is 0 Å². The molecular weight excluding hydrogens is 394 g/mol. The molecule has 0 radical (unpaired) electrons. The molecule has 1 heterocycles. The van der Waals surface area contributed by atoms with Crippen LogP contribution in [0, 0.1) is 0 Å². The minimum Gasteiger partial charge on any atom is -0.390 e. The van der Waals surface area contributed by atoms with Gasteiger partial charge in [-0.05, 0) is 29.8 Å². The zero-order valence-corrected chi connectivity index (χ0v) is 18.6. The van der Waals surface area contributed by atoms with Gasteiger partial charge in [-0.2, -0.15) is 0 Å². The van der Waals surface area contributed by atoms with Gasteiger partial charge >= 0.3 is 0 Å². The third-order valence-corrected chi connectivity index (χ3v) is 5.94. The zero-order chi connectivity index (χ0) is 22.0. The van der Waals surface area contributed by atoms with E-state index in [0.29, 0.717) is 13.1 Å². The van der Waals surface area contributed by atoms with E-state index in [1.54, 1.807) is 0 Å². The molecule has 1 aliphatic rings.